The molecule has 0 amide bonds. The molecule has 1 aliphatic carbocycles. The molecule has 3 rings (SSSR count). The minimum atomic E-state index is 0.0983. The molecule has 2 N–H and O–H groups in total. The molecule has 1 aromatic heterocycles. The molecule has 0 unspecified atom stereocenters. The summed E-state index contributed by atoms with van der Waals surface area (Å²) in [7, 11) is 3.97. The van der Waals surface area contributed by atoms with Gasteiger partial charge in [-0.1, -0.05) is 11.6 Å². The summed E-state index contributed by atoms with van der Waals surface area (Å²) >= 11 is 5.87. The molecule has 2 aromatic rings. The number of carbonyl (C=O) groups excluding carboxylic acids is 1. The van der Waals surface area contributed by atoms with Gasteiger partial charge in [-0.05, 0) is 56.9 Å². The Hall–Kier alpha value is -2.18. The molecule has 0 saturated heterocycles. The molecular formula is C21H28ClN5O. The number of Topliss-reactive ketones (excluding diaryl/α,β-unsaturated/α-hetero) is 1. The quantitative estimate of drug-likeness (QED) is 0.689. The minimum absolute atomic E-state index is 0.0983. The first-order valence-electron chi connectivity index (χ1n) is 9.72. The van der Waals surface area contributed by atoms with Crippen molar-refractivity contribution in [1.82, 2.24) is 15.3 Å². The lowest BCUT2D eigenvalue weighted by Crippen LogP contribution is -2.39. The van der Waals surface area contributed by atoms with Gasteiger partial charge in [0.25, 0.3) is 0 Å². The number of benzene rings is 1. The van der Waals surface area contributed by atoms with Crippen LogP contribution < -0.4 is 15.5 Å². The lowest BCUT2D eigenvalue weighted by molar-refractivity contribution is 0.0984. The highest BCUT2D eigenvalue weighted by atomic mass is 35.5. The van der Waals surface area contributed by atoms with Crippen LogP contribution in [-0.4, -0.2) is 48.5 Å². The monoisotopic (exact) mass is 401 g/mol. The van der Waals surface area contributed by atoms with Crippen molar-refractivity contribution in [2.24, 2.45) is 0 Å². The summed E-state index contributed by atoms with van der Waals surface area (Å²) in [4.78, 5) is 23.3. The maximum Gasteiger partial charge on any atom is 0.224 e. The second-order valence-electron chi connectivity index (χ2n) is 7.60. The first kappa shape index (κ1) is 20.6. The summed E-state index contributed by atoms with van der Waals surface area (Å²) in [5.41, 5.74) is 1.76. The summed E-state index contributed by atoms with van der Waals surface area (Å²) in [6.45, 7) is 2.37. The van der Waals surface area contributed by atoms with E-state index < -0.39 is 0 Å². The Labute approximate surface area is 171 Å². The molecule has 0 bridgehead atoms. The van der Waals surface area contributed by atoms with E-state index in [1.54, 1.807) is 24.3 Å². The van der Waals surface area contributed by atoms with E-state index in [9.17, 15) is 4.79 Å². The standard InChI is InChI=1S/C21H28ClN5O/c1-14-12-24-21(26-20(14)27(2)3)25-18-10-8-17(9-11-18)23-13-19(28)15-4-6-16(22)7-5-15/h4-7,12,17-18,23H,8-11,13H2,1-3H3,(H,24,25,26)/t17-,18+. The summed E-state index contributed by atoms with van der Waals surface area (Å²) in [6, 6.07) is 7.78. The molecular weight excluding hydrogens is 374 g/mol. The van der Waals surface area contributed by atoms with Gasteiger partial charge in [0.15, 0.2) is 5.78 Å². The minimum Gasteiger partial charge on any atom is -0.362 e. The van der Waals surface area contributed by atoms with Crippen LogP contribution >= 0.6 is 11.6 Å². The van der Waals surface area contributed by atoms with Crippen molar-refractivity contribution in [3.63, 3.8) is 0 Å². The molecule has 28 heavy (non-hydrogen) atoms. The van der Waals surface area contributed by atoms with Crippen molar-refractivity contribution in [1.29, 1.82) is 0 Å². The van der Waals surface area contributed by atoms with E-state index in [1.807, 2.05) is 32.1 Å². The fourth-order valence-electron chi connectivity index (χ4n) is 3.55. The molecule has 6 nitrogen and oxygen atoms in total. The zero-order valence-corrected chi connectivity index (χ0v) is 17.5. The third-order valence-electron chi connectivity index (χ3n) is 5.15. The molecule has 0 atom stereocenters. The fourth-order valence-corrected chi connectivity index (χ4v) is 3.68. The first-order chi connectivity index (χ1) is 13.4. The number of hydrogen-bond acceptors (Lipinski definition) is 6. The van der Waals surface area contributed by atoms with Gasteiger partial charge in [0, 0.05) is 48.5 Å². The van der Waals surface area contributed by atoms with Gasteiger partial charge in [0.1, 0.15) is 5.82 Å². The van der Waals surface area contributed by atoms with Crippen LogP contribution in [0.5, 0.6) is 0 Å². The number of ketones is 1. The molecule has 0 radical (unpaired) electrons. The summed E-state index contributed by atoms with van der Waals surface area (Å²) in [5, 5.41) is 7.51. The van der Waals surface area contributed by atoms with Crippen molar-refractivity contribution in [3.05, 3.63) is 46.6 Å². The molecule has 1 aliphatic rings. The summed E-state index contributed by atoms with van der Waals surface area (Å²) in [6.07, 6.45) is 5.97. The predicted molar refractivity (Wildman–Crippen MR) is 115 cm³/mol. The number of nitrogens with one attached hydrogen (secondary N) is 2. The van der Waals surface area contributed by atoms with Gasteiger partial charge in [-0.15, -0.1) is 0 Å². The van der Waals surface area contributed by atoms with E-state index in [0.29, 0.717) is 35.2 Å². The van der Waals surface area contributed by atoms with Crippen LogP contribution in [0.2, 0.25) is 5.02 Å². The SMILES string of the molecule is Cc1cnc(N[C@H]2CC[C@@H](NCC(=O)c3ccc(Cl)cc3)CC2)nc1N(C)C. The van der Waals surface area contributed by atoms with Crippen LogP contribution in [0.1, 0.15) is 41.6 Å². The van der Waals surface area contributed by atoms with E-state index in [4.69, 9.17) is 11.6 Å². The molecule has 0 spiro atoms. The van der Waals surface area contributed by atoms with Crippen LogP contribution in [-0.2, 0) is 0 Å². The van der Waals surface area contributed by atoms with Crippen molar-refractivity contribution < 1.29 is 4.79 Å². The number of carbonyl (C=O) groups is 1. The van der Waals surface area contributed by atoms with Crippen LogP contribution in [0.15, 0.2) is 30.5 Å². The van der Waals surface area contributed by atoms with E-state index in [0.717, 1.165) is 37.1 Å². The summed E-state index contributed by atoms with van der Waals surface area (Å²) in [5.74, 6) is 1.72. The third-order valence-corrected chi connectivity index (χ3v) is 5.40. The summed E-state index contributed by atoms with van der Waals surface area (Å²) < 4.78 is 0. The van der Waals surface area contributed by atoms with Crippen molar-refractivity contribution in [3.8, 4) is 0 Å². The molecule has 1 aromatic carbocycles. The lowest BCUT2D eigenvalue weighted by atomic mass is 9.91. The smallest absolute Gasteiger partial charge is 0.224 e. The van der Waals surface area contributed by atoms with Crippen molar-refractivity contribution in [2.75, 3.05) is 30.9 Å². The molecule has 1 saturated carbocycles. The first-order valence-corrected chi connectivity index (χ1v) is 10.1. The average Bonchev–Trinajstić information content (AvgIpc) is 2.69. The highest BCUT2D eigenvalue weighted by Gasteiger charge is 2.22. The van der Waals surface area contributed by atoms with E-state index >= 15 is 0 Å². The zero-order valence-electron chi connectivity index (χ0n) is 16.7. The van der Waals surface area contributed by atoms with Crippen molar-refractivity contribution >= 4 is 29.2 Å². The number of halogens is 1. The van der Waals surface area contributed by atoms with E-state index in [1.165, 1.54) is 0 Å². The lowest BCUT2D eigenvalue weighted by Gasteiger charge is -2.30. The second-order valence-corrected chi connectivity index (χ2v) is 8.03. The third kappa shape index (κ3) is 5.42. The average molecular weight is 402 g/mol. The van der Waals surface area contributed by atoms with Gasteiger partial charge in [0.05, 0.1) is 6.54 Å². The Balaban J connectivity index is 1.45. The Bertz CT molecular complexity index is 801. The molecule has 7 heteroatoms. The molecule has 150 valence electrons. The maximum atomic E-state index is 12.3. The Morgan fingerprint density at radius 3 is 2.43 bits per heavy atom. The van der Waals surface area contributed by atoms with Gasteiger partial charge < -0.3 is 15.5 Å². The second kappa shape index (κ2) is 9.34. The number of nitrogens with zero attached hydrogens (tertiary/aromatic N) is 3. The zero-order chi connectivity index (χ0) is 20.1. The number of anilines is 2. The fraction of sp³-hybridized carbons (Fsp3) is 0.476. The van der Waals surface area contributed by atoms with Crippen LogP contribution in [0.3, 0.4) is 0 Å². The number of aryl methyl sites for hydroxylation is 1. The van der Waals surface area contributed by atoms with Gasteiger partial charge >= 0.3 is 0 Å². The van der Waals surface area contributed by atoms with Gasteiger partial charge in [-0.25, -0.2) is 4.98 Å². The number of rotatable bonds is 7. The van der Waals surface area contributed by atoms with Gasteiger partial charge in [-0.2, -0.15) is 4.98 Å². The Morgan fingerprint density at radius 2 is 1.79 bits per heavy atom. The molecule has 0 aliphatic heterocycles. The topological polar surface area (TPSA) is 70.1 Å². The Kier molecular flexibility index (Phi) is 6.86. The predicted octanol–water partition coefficient (Wildman–Crippen LogP) is 3.70. The molecule has 1 heterocycles. The van der Waals surface area contributed by atoms with Gasteiger partial charge in [0.2, 0.25) is 5.95 Å². The highest BCUT2D eigenvalue weighted by molar-refractivity contribution is 6.30. The van der Waals surface area contributed by atoms with Crippen LogP contribution in [0, 0.1) is 6.92 Å². The van der Waals surface area contributed by atoms with Crippen molar-refractivity contribution in [2.45, 2.75) is 44.7 Å². The van der Waals surface area contributed by atoms with E-state index in [2.05, 4.69) is 20.6 Å². The largest absolute Gasteiger partial charge is 0.362 e. The number of aromatic nitrogens is 2. The number of hydrogen-bond donors (Lipinski definition) is 2. The Morgan fingerprint density at radius 1 is 1.14 bits per heavy atom. The maximum absolute atomic E-state index is 12.3. The van der Waals surface area contributed by atoms with E-state index in [-0.39, 0.29) is 5.78 Å². The van der Waals surface area contributed by atoms with Gasteiger partial charge in [-0.3, -0.25) is 4.79 Å². The highest BCUT2D eigenvalue weighted by Crippen LogP contribution is 2.22. The molecule has 1 fully saturated rings. The van der Waals surface area contributed by atoms with Crippen LogP contribution in [0.25, 0.3) is 0 Å². The van der Waals surface area contributed by atoms with Crippen LogP contribution in [0.4, 0.5) is 11.8 Å². The normalized spacial score (nSPS) is 19.3.